The number of ether oxygens (including phenoxy) is 1. The van der Waals surface area contributed by atoms with Gasteiger partial charge in [0, 0.05) is 20.4 Å². The predicted octanol–water partition coefficient (Wildman–Crippen LogP) is 1.26. The summed E-state index contributed by atoms with van der Waals surface area (Å²) in [6.45, 7) is 0.570. The highest BCUT2D eigenvalue weighted by atomic mass is 127. The van der Waals surface area contributed by atoms with Gasteiger partial charge in [-0.05, 0) is 22.6 Å². The molecule has 86 valence electrons. The van der Waals surface area contributed by atoms with E-state index in [0.717, 1.165) is 9.26 Å². The average Bonchev–Trinajstić information content (AvgIpc) is 2.82. The van der Waals surface area contributed by atoms with Gasteiger partial charge < -0.3 is 9.26 Å². The van der Waals surface area contributed by atoms with Crippen LogP contribution in [0.15, 0.2) is 10.7 Å². The second-order valence-electron chi connectivity index (χ2n) is 3.25. The maximum Gasteiger partial charge on any atom is 0.229 e. The van der Waals surface area contributed by atoms with Crippen LogP contribution in [0, 0.1) is 3.57 Å². The molecule has 0 atom stereocenters. The summed E-state index contributed by atoms with van der Waals surface area (Å²) in [5.41, 5.74) is 0.746. The lowest BCUT2D eigenvalue weighted by Crippen LogP contribution is -1.94. The van der Waals surface area contributed by atoms with Gasteiger partial charge in [0.25, 0.3) is 0 Å². The molecular formula is C9H11IN4O2. The standard InChI is InChI=1S/C9H11IN4O2/c1-14-5-6(10)8(12-14)9-11-7(16-13-9)3-4-15-2/h5H,3-4H2,1-2H3. The molecule has 16 heavy (non-hydrogen) atoms. The molecule has 0 fully saturated rings. The fourth-order valence-corrected chi connectivity index (χ4v) is 2.01. The molecule has 0 bridgehead atoms. The molecule has 7 heteroatoms. The van der Waals surface area contributed by atoms with Crippen molar-refractivity contribution in [3.05, 3.63) is 15.7 Å². The lowest BCUT2D eigenvalue weighted by molar-refractivity contribution is 0.192. The molecule has 2 aromatic heterocycles. The third kappa shape index (κ3) is 2.40. The van der Waals surface area contributed by atoms with Gasteiger partial charge in [0.1, 0.15) is 5.69 Å². The van der Waals surface area contributed by atoms with Crippen molar-refractivity contribution in [1.29, 1.82) is 0 Å². The van der Waals surface area contributed by atoms with Crippen molar-refractivity contribution in [3.63, 3.8) is 0 Å². The topological polar surface area (TPSA) is 66.0 Å². The van der Waals surface area contributed by atoms with Gasteiger partial charge in [-0.25, -0.2) is 0 Å². The summed E-state index contributed by atoms with van der Waals surface area (Å²) in [6, 6.07) is 0. The Balaban J connectivity index is 2.21. The molecule has 6 nitrogen and oxygen atoms in total. The van der Waals surface area contributed by atoms with E-state index in [1.54, 1.807) is 11.8 Å². The number of hydrogen-bond donors (Lipinski definition) is 0. The molecular weight excluding hydrogens is 323 g/mol. The minimum atomic E-state index is 0.524. The van der Waals surface area contributed by atoms with Crippen molar-refractivity contribution < 1.29 is 9.26 Å². The minimum absolute atomic E-state index is 0.524. The van der Waals surface area contributed by atoms with Gasteiger partial charge in [0.15, 0.2) is 0 Å². The largest absolute Gasteiger partial charge is 0.384 e. The molecule has 0 amide bonds. The van der Waals surface area contributed by atoms with Gasteiger partial charge in [0.05, 0.1) is 16.6 Å². The van der Waals surface area contributed by atoms with E-state index >= 15 is 0 Å². The molecule has 0 saturated heterocycles. The normalized spacial score (nSPS) is 10.9. The third-order valence-electron chi connectivity index (χ3n) is 1.98. The highest BCUT2D eigenvalue weighted by Gasteiger charge is 2.14. The fraction of sp³-hybridized carbons (Fsp3) is 0.444. The van der Waals surface area contributed by atoms with E-state index in [2.05, 4.69) is 37.8 Å². The van der Waals surface area contributed by atoms with E-state index in [1.165, 1.54) is 0 Å². The van der Waals surface area contributed by atoms with Crippen molar-refractivity contribution in [2.75, 3.05) is 13.7 Å². The number of rotatable bonds is 4. The van der Waals surface area contributed by atoms with E-state index in [0.29, 0.717) is 24.7 Å². The first-order chi connectivity index (χ1) is 7.70. The van der Waals surface area contributed by atoms with E-state index in [1.807, 2.05) is 13.2 Å². The quantitative estimate of drug-likeness (QED) is 0.788. The first-order valence-electron chi connectivity index (χ1n) is 4.71. The highest BCUT2D eigenvalue weighted by Crippen LogP contribution is 2.20. The summed E-state index contributed by atoms with van der Waals surface area (Å²) in [7, 11) is 3.50. The zero-order valence-corrected chi connectivity index (χ0v) is 11.1. The number of nitrogens with zero attached hydrogens (tertiary/aromatic N) is 4. The molecule has 0 aliphatic carbocycles. The van der Waals surface area contributed by atoms with Crippen LogP contribution in [-0.2, 0) is 18.2 Å². The summed E-state index contributed by atoms with van der Waals surface area (Å²) < 4.78 is 12.8. The summed E-state index contributed by atoms with van der Waals surface area (Å²) in [5.74, 6) is 1.09. The molecule has 0 N–H and O–H groups in total. The monoisotopic (exact) mass is 334 g/mol. The van der Waals surface area contributed by atoms with E-state index in [-0.39, 0.29) is 0 Å². The fourth-order valence-electron chi connectivity index (χ4n) is 1.25. The Morgan fingerprint density at radius 1 is 1.56 bits per heavy atom. The summed E-state index contributed by atoms with van der Waals surface area (Å²) in [5, 5.41) is 8.16. The van der Waals surface area contributed by atoms with Crippen LogP contribution in [-0.4, -0.2) is 33.6 Å². The molecule has 2 rings (SSSR count). The number of aromatic nitrogens is 4. The maximum atomic E-state index is 5.09. The van der Waals surface area contributed by atoms with Crippen LogP contribution < -0.4 is 0 Å². The summed E-state index contributed by atoms with van der Waals surface area (Å²) in [6.07, 6.45) is 2.52. The zero-order chi connectivity index (χ0) is 11.5. The van der Waals surface area contributed by atoms with Crippen molar-refractivity contribution in [2.45, 2.75) is 6.42 Å². The number of halogens is 1. The molecule has 2 heterocycles. The van der Waals surface area contributed by atoms with Crippen molar-refractivity contribution in [3.8, 4) is 11.5 Å². The third-order valence-corrected chi connectivity index (χ3v) is 2.77. The van der Waals surface area contributed by atoms with Gasteiger partial charge in [-0.1, -0.05) is 5.16 Å². The Bertz CT molecular complexity index is 480. The van der Waals surface area contributed by atoms with Crippen LogP contribution in [0.1, 0.15) is 5.89 Å². The number of methoxy groups -OCH3 is 1. The van der Waals surface area contributed by atoms with Gasteiger partial charge in [-0.3, -0.25) is 4.68 Å². The molecule has 0 spiro atoms. The molecule has 0 saturated carbocycles. The summed E-state index contributed by atoms with van der Waals surface area (Å²) >= 11 is 2.19. The molecule has 2 aromatic rings. The van der Waals surface area contributed by atoms with Gasteiger partial charge in [-0.15, -0.1) is 0 Å². The lowest BCUT2D eigenvalue weighted by Gasteiger charge is -1.90. The van der Waals surface area contributed by atoms with Crippen molar-refractivity contribution >= 4 is 22.6 Å². The lowest BCUT2D eigenvalue weighted by atomic mass is 10.4. The summed E-state index contributed by atoms with van der Waals surface area (Å²) in [4.78, 5) is 4.25. The molecule has 0 aliphatic heterocycles. The van der Waals surface area contributed by atoms with E-state index < -0.39 is 0 Å². The van der Waals surface area contributed by atoms with Crippen LogP contribution in [0.25, 0.3) is 11.5 Å². The number of aryl methyl sites for hydroxylation is 1. The van der Waals surface area contributed by atoms with Crippen LogP contribution >= 0.6 is 22.6 Å². The van der Waals surface area contributed by atoms with Crippen LogP contribution in [0.5, 0.6) is 0 Å². The smallest absolute Gasteiger partial charge is 0.229 e. The maximum absolute atomic E-state index is 5.09. The molecule has 0 unspecified atom stereocenters. The Morgan fingerprint density at radius 3 is 3.00 bits per heavy atom. The van der Waals surface area contributed by atoms with Crippen molar-refractivity contribution in [2.24, 2.45) is 7.05 Å². The Kier molecular flexibility index (Phi) is 3.54. The van der Waals surface area contributed by atoms with E-state index in [9.17, 15) is 0 Å². The highest BCUT2D eigenvalue weighted by molar-refractivity contribution is 14.1. The van der Waals surface area contributed by atoms with Gasteiger partial charge >= 0.3 is 0 Å². The Morgan fingerprint density at radius 2 is 2.38 bits per heavy atom. The van der Waals surface area contributed by atoms with Crippen molar-refractivity contribution in [1.82, 2.24) is 19.9 Å². The molecule has 0 aromatic carbocycles. The van der Waals surface area contributed by atoms with Crippen LogP contribution in [0.2, 0.25) is 0 Å². The Labute approximate surface area is 106 Å². The second kappa shape index (κ2) is 4.91. The van der Waals surface area contributed by atoms with Crippen LogP contribution in [0.3, 0.4) is 0 Å². The minimum Gasteiger partial charge on any atom is -0.384 e. The molecule has 0 radical (unpaired) electrons. The van der Waals surface area contributed by atoms with Gasteiger partial charge in [-0.2, -0.15) is 10.1 Å². The van der Waals surface area contributed by atoms with Crippen LogP contribution in [0.4, 0.5) is 0 Å². The average molecular weight is 334 g/mol. The molecule has 0 aliphatic rings. The first-order valence-corrected chi connectivity index (χ1v) is 5.79. The second-order valence-corrected chi connectivity index (χ2v) is 4.42. The Hall–Kier alpha value is -0.960. The van der Waals surface area contributed by atoms with E-state index in [4.69, 9.17) is 9.26 Å². The number of hydrogen-bond acceptors (Lipinski definition) is 5. The first kappa shape index (κ1) is 11.5. The SMILES string of the molecule is COCCc1nc(-c2nn(C)cc2I)no1. The zero-order valence-electron chi connectivity index (χ0n) is 8.97. The predicted molar refractivity (Wildman–Crippen MR) is 64.8 cm³/mol. The van der Waals surface area contributed by atoms with Gasteiger partial charge in [0.2, 0.25) is 11.7 Å².